The Labute approximate surface area is 131 Å². The molecule has 1 unspecified atom stereocenters. The SMILES string of the molecule is O=C1CC(CNCCc2ccc(O)cc2)Cc2ccccc21. The summed E-state index contributed by atoms with van der Waals surface area (Å²) in [5.41, 5.74) is 3.29. The van der Waals surface area contributed by atoms with Gasteiger partial charge in [-0.1, -0.05) is 36.4 Å². The van der Waals surface area contributed by atoms with Crippen LogP contribution in [0.15, 0.2) is 48.5 Å². The number of fused-ring (bicyclic) bond motifs is 1. The smallest absolute Gasteiger partial charge is 0.163 e. The Balaban J connectivity index is 1.47. The lowest BCUT2D eigenvalue weighted by Crippen LogP contribution is -2.30. The highest BCUT2D eigenvalue weighted by atomic mass is 16.3. The standard InChI is InChI=1S/C19H21NO2/c21-17-7-5-14(6-8-17)9-10-20-13-15-11-16-3-1-2-4-18(16)19(22)12-15/h1-8,15,20-21H,9-13H2. The molecule has 0 heterocycles. The maximum Gasteiger partial charge on any atom is 0.163 e. The minimum absolute atomic E-state index is 0.271. The number of phenols is 1. The first kappa shape index (κ1) is 14.8. The molecule has 3 nitrogen and oxygen atoms in total. The van der Waals surface area contributed by atoms with Crippen molar-refractivity contribution in [2.24, 2.45) is 5.92 Å². The average molecular weight is 295 g/mol. The van der Waals surface area contributed by atoms with Crippen LogP contribution in [-0.4, -0.2) is 24.0 Å². The third kappa shape index (κ3) is 3.55. The fourth-order valence-corrected chi connectivity index (χ4v) is 3.07. The van der Waals surface area contributed by atoms with Crippen molar-refractivity contribution < 1.29 is 9.90 Å². The maximum absolute atomic E-state index is 12.1. The predicted octanol–water partition coefficient (Wildman–Crippen LogP) is 2.97. The molecule has 0 amide bonds. The van der Waals surface area contributed by atoms with E-state index in [4.69, 9.17) is 0 Å². The molecule has 1 atom stereocenters. The normalized spacial score (nSPS) is 17.3. The van der Waals surface area contributed by atoms with Crippen molar-refractivity contribution in [2.75, 3.05) is 13.1 Å². The highest BCUT2D eigenvalue weighted by Crippen LogP contribution is 2.24. The van der Waals surface area contributed by atoms with Gasteiger partial charge in [-0.2, -0.15) is 0 Å². The summed E-state index contributed by atoms with van der Waals surface area (Å²) in [6, 6.07) is 15.3. The van der Waals surface area contributed by atoms with E-state index in [9.17, 15) is 9.90 Å². The van der Waals surface area contributed by atoms with Gasteiger partial charge in [0.25, 0.3) is 0 Å². The Kier molecular flexibility index (Phi) is 4.54. The molecule has 0 aliphatic heterocycles. The summed E-state index contributed by atoms with van der Waals surface area (Å²) in [5, 5.41) is 12.7. The minimum Gasteiger partial charge on any atom is -0.508 e. The zero-order valence-electron chi connectivity index (χ0n) is 12.6. The average Bonchev–Trinajstić information content (AvgIpc) is 2.53. The van der Waals surface area contributed by atoms with Crippen molar-refractivity contribution in [1.29, 1.82) is 0 Å². The molecular weight excluding hydrogens is 274 g/mol. The lowest BCUT2D eigenvalue weighted by atomic mass is 9.83. The molecule has 114 valence electrons. The lowest BCUT2D eigenvalue weighted by Gasteiger charge is -2.23. The molecule has 3 heteroatoms. The molecule has 0 aromatic heterocycles. The van der Waals surface area contributed by atoms with Crippen LogP contribution < -0.4 is 5.32 Å². The zero-order chi connectivity index (χ0) is 15.4. The molecule has 0 saturated carbocycles. The summed E-state index contributed by atoms with van der Waals surface area (Å²) in [4.78, 5) is 12.1. The van der Waals surface area contributed by atoms with Gasteiger partial charge in [-0.25, -0.2) is 0 Å². The molecule has 2 aromatic rings. The van der Waals surface area contributed by atoms with Crippen molar-refractivity contribution in [1.82, 2.24) is 5.32 Å². The van der Waals surface area contributed by atoms with Gasteiger partial charge in [-0.15, -0.1) is 0 Å². The minimum atomic E-state index is 0.271. The van der Waals surface area contributed by atoms with Crippen LogP contribution in [0.5, 0.6) is 5.75 Å². The van der Waals surface area contributed by atoms with E-state index >= 15 is 0 Å². The molecule has 0 radical (unpaired) electrons. The van der Waals surface area contributed by atoms with Gasteiger partial charge in [0.15, 0.2) is 5.78 Å². The Morgan fingerprint density at radius 3 is 2.64 bits per heavy atom. The highest BCUT2D eigenvalue weighted by molar-refractivity contribution is 5.98. The second-order valence-electron chi connectivity index (χ2n) is 5.98. The fraction of sp³-hybridized carbons (Fsp3) is 0.316. The number of rotatable bonds is 5. The molecule has 0 saturated heterocycles. The molecular formula is C19H21NO2. The van der Waals surface area contributed by atoms with Gasteiger partial charge in [-0.05, 0) is 55.1 Å². The number of aromatic hydroxyl groups is 1. The summed E-state index contributed by atoms with van der Waals surface area (Å²) in [7, 11) is 0. The summed E-state index contributed by atoms with van der Waals surface area (Å²) in [5.74, 6) is 0.963. The van der Waals surface area contributed by atoms with E-state index in [1.54, 1.807) is 12.1 Å². The van der Waals surface area contributed by atoms with Gasteiger partial charge >= 0.3 is 0 Å². The van der Waals surface area contributed by atoms with Gasteiger partial charge in [0.05, 0.1) is 0 Å². The molecule has 0 bridgehead atoms. The van der Waals surface area contributed by atoms with Crippen molar-refractivity contribution in [2.45, 2.75) is 19.3 Å². The zero-order valence-corrected chi connectivity index (χ0v) is 12.6. The number of Topliss-reactive ketones (excluding diaryl/α,β-unsaturated/α-hetero) is 1. The van der Waals surface area contributed by atoms with Crippen LogP contribution >= 0.6 is 0 Å². The van der Waals surface area contributed by atoms with E-state index in [1.807, 2.05) is 30.3 Å². The van der Waals surface area contributed by atoms with Crippen LogP contribution in [0.25, 0.3) is 0 Å². The van der Waals surface area contributed by atoms with E-state index in [1.165, 1.54) is 11.1 Å². The first-order chi connectivity index (χ1) is 10.7. The van der Waals surface area contributed by atoms with E-state index in [-0.39, 0.29) is 5.78 Å². The van der Waals surface area contributed by atoms with Gasteiger partial charge in [0, 0.05) is 12.0 Å². The van der Waals surface area contributed by atoms with E-state index in [2.05, 4.69) is 11.4 Å². The first-order valence-corrected chi connectivity index (χ1v) is 7.82. The van der Waals surface area contributed by atoms with Crippen LogP contribution in [-0.2, 0) is 12.8 Å². The Morgan fingerprint density at radius 2 is 1.82 bits per heavy atom. The van der Waals surface area contributed by atoms with Crippen LogP contribution in [0, 0.1) is 5.92 Å². The molecule has 3 rings (SSSR count). The number of ketones is 1. The number of carbonyl (C=O) groups is 1. The molecule has 22 heavy (non-hydrogen) atoms. The number of nitrogens with one attached hydrogen (secondary N) is 1. The van der Waals surface area contributed by atoms with E-state index < -0.39 is 0 Å². The molecule has 2 N–H and O–H groups in total. The molecule has 0 fully saturated rings. The third-order valence-electron chi connectivity index (χ3n) is 4.26. The van der Waals surface area contributed by atoms with Crippen molar-refractivity contribution in [3.8, 4) is 5.75 Å². The number of carbonyl (C=O) groups excluding carboxylic acids is 1. The fourth-order valence-electron chi connectivity index (χ4n) is 3.07. The topological polar surface area (TPSA) is 49.3 Å². The summed E-state index contributed by atoms with van der Waals surface area (Å²) < 4.78 is 0. The van der Waals surface area contributed by atoms with Gasteiger partial charge in [0.1, 0.15) is 5.75 Å². The summed E-state index contributed by atoms with van der Waals surface area (Å²) >= 11 is 0. The van der Waals surface area contributed by atoms with Crippen LogP contribution in [0.1, 0.15) is 27.9 Å². The van der Waals surface area contributed by atoms with Gasteiger partial charge in [0.2, 0.25) is 0 Å². The Hall–Kier alpha value is -2.13. The quantitative estimate of drug-likeness (QED) is 0.834. The molecule has 1 aliphatic carbocycles. The van der Waals surface area contributed by atoms with Crippen molar-refractivity contribution >= 4 is 5.78 Å². The summed E-state index contributed by atoms with van der Waals surface area (Å²) in [6.07, 6.45) is 2.55. The van der Waals surface area contributed by atoms with Crippen LogP contribution in [0.4, 0.5) is 0 Å². The Bertz CT molecular complexity index is 649. The Morgan fingerprint density at radius 1 is 1.05 bits per heavy atom. The van der Waals surface area contributed by atoms with E-state index in [0.29, 0.717) is 18.1 Å². The maximum atomic E-state index is 12.1. The van der Waals surface area contributed by atoms with Crippen molar-refractivity contribution in [3.63, 3.8) is 0 Å². The number of hydrogen-bond acceptors (Lipinski definition) is 3. The molecule has 1 aliphatic rings. The predicted molar refractivity (Wildman–Crippen MR) is 87.3 cm³/mol. The van der Waals surface area contributed by atoms with Crippen LogP contribution in [0.2, 0.25) is 0 Å². The number of hydrogen-bond donors (Lipinski definition) is 2. The van der Waals surface area contributed by atoms with Gasteiger partial charge in [-0.3, -0.25) is 4.79 Å². The number of benzene rings is 2. The van der Waals surface area contributed by atoms with Gasteiger partial charge < -0.3 is 10.4 Å². The molecule has 2 aromatic carbocycles. The second kappa shape index (κ2) is 6.75. The van der Waals surface area contributed by atoms with Crippen molar-refractivity contribution in [3.05, 3.63) is 65.2 Å². The second-order valence-corrected chi connectivity index (χ2v) is 5.98. The molecule has 0 spiro atoms. The van der Waals surface area contributed by atoms with Crippen LogP contribution in [0.3, 0.4) is 0 Å². The third-order valence-corrected chi connectivity index (χ3v) is 4.26. The largest absolute Gasteiger partial charge is 0.508 e. The monoisotopic (exact) mass is 295 g/mol. The van der Waals surface area contributed by atoms with E-state index in [0.717, 1.165) is 31.5 Å². The summed E-state index contributed by atoms with van der Waals surface area (Å²) in [6.45, 7) is 1.76. The highest BCUT2D eigenvalue weighted by Gasteiger charge is 2.24. The lowest BCUT2D eigenvalue weighted by molar-refractivity contribution is 0.0948. The number of phenolic OH excluding ortho intramolecular Hbond substituents is 1. The first-order valence-electron chi connectivity index (χ1n) is 7.82.